The van der Waals surface area contributed by atoms with Gasteiger partial charge in [0, 0.05) is 49.3 Å². The van der Waals surface area contributed by atoms with Crippen molar-refractivity contribution in [2.75, 3.05) is 19.6 Å². The summed E-state index contributed by atoms with van der Waals surface area (Å²) < 4.78 is 0. The van der Waals surface area contributed by atoms with Gasteiger partial charge in [0.2, 0.25) is 5.91 Å². The summed E-state index contributed by atoms with van der Waals surface area (Å²) in [6, 6.07) is 4.60. The van der Waals surface area contributed by atoms with Crippen molar-refractivity contribution >= 4 is 23.2 Å². The summed E-state index contributed by atoms with van der Waals surface area (Å²) in [5, 5.41) is 14.4. The van der Waals surface area contributed by atoms with Crippen LogP contribution >= 0.6 is 11.6 Å². The molecule has 21 heavy (non-hydrogen) atoms. The first-order chi connectivity index (χ1) is 10.1. The summed E-state index contributed by atoms with van der Waals surface area (Å²) in [6.07, 6.45) is 2.58. The third-order valence-corrected chi connectivity index (χ3v) is 3.77. The highest BCUT2D eigenvalue weighted by Gasteiger charge is 2.17. The lowest BCUT2D eigenvalue weighted by Gasteiger charge is -2.15. The van der Waals surface area contributed by atoms with Gasteiger partial charge in [-0.3, -0.25) is 14.9 Å². The molecule has 7 heteroatoms. The third-order valence-electron chi connectivity index (χ3n) is 3.53. The Kier molecular flexibility index (Phi) is 5.52. The van der Waals surface area contributed by atoms with Gasteiger partial charge < -0.3 is 10.2 Å². The Morgan fingerprint density at radius 2 is 2.10 bits per heavy atom. The first-order valence-electron chi connectivity index (χ1n) is 6.99. The monoisotopic (exact) mass is 311 g/mol. The maximum atomic E-state index is 11.8. The zero-order valence-corrected chi connectivity index (χ0v) is 12.4. The Balaban J connectivity index is 1.80. The summed E-state index contributed by atoms with van der Waals surface area (Å²) >= 11 is 5.76. The number of hydrogen-bond donors (Lipinski definition) is 1. The van der Waals surface area contributed by atoms with Crippen LogP contribution < -0.4 is 5.32 Å². The minimum absolute atomic E-state index is 0.000805. The first-order valence-corrected chi connectivity index (χ1v) is 7.37. The highest BCUT2D eigenvalue weighted by molar-refractivity contribution is 6.30. The quantitative estimate of drug-likeness (QED) is 0.497. The second-order valence-electron chi connectivity index (χ2n) is 5.04. The minimum Gasteiger partial charge on any atom is -0.343 e. The van der Waals surface area contributed by atoms with E-state index in [1.165, 1.54) is 6.07 Å². The molecular formula is C14H18ClN3O3. The Labute approximate surface area is 128 Å². The fourth-order valence-electron chi connectivity index (χ4n) is 2.40. The SMILES string of the molecule is O=C(CCNCc1ccc(Cl)cc1[N+](=O)[O-])N1CCCC1. The minimum atomic E-state index is -0.446. The number of nitrogens with zero attached hydrogens (tertiary/aromatic N) is 2. The number of nitro benzene ring substituents is 1. The van der Waals surface area contributed by atoms with Crippen molar-refractivity contribution < 1.29 is 9.72 Å². The highest BCUT2D eigenvalue weighted by atomic mass is 35.5. The van der Waals surface area contributed by atoms with Gasteiger partial charge in [-0.05, 0) is 25.0 Å². The van der Waals surface area contributed by atoms with E-state index in [2.05, 4.69) is 5.32 Å². The number of benzene rings is 1. The third kappa shape index (κ3) is 4.41. The van der Waals surface area contributed by atoms with E-state index in [1.54, 1.807) is 12.1 Å². The number of rotatable bonds is 6. The summed E-state index contributed by atoms with van der Waals surface area (Å²) in [6.45, 7) is 2.55. The summed E-state index contributed by atoms with van der Waals surface area (Å²) in [7, 11) is 0. The van der Waals surface area contributed by atoms with Crippen molar-refractivity contribution in [2.24, 2.45) is 0 Å². The molecule has 1 aromatic rings. The Bertz CT molecular complexity index is 530. The Morgan fingerprint density at radius 3 is 2.76 bits per heavy atom. The van der Waals surface area contributed by atoms with Gasteiger partial charge in [-0.2, -0.15) is 0 Å². The molecule has 6 nitrogen and oxygen atoms in total. The van der Waals surface area contributed by atoms with Crippen molar-refractivity contribution in [3.63, 3.8) is 0 Å². The lowest BCUT2D eigenvalue weighted by molar-refractivity contribution is -0.385. The lowest BCUT2D eigenvalue weighted by atomic mass is 10.2. The van der Waals surface area contributed by atoms with E-state index in [0.717, 1.165) is 25.9 Å². The number of carbonyl (C=O) groups is 1. The van der Waals surface area contributed by atoms with Gasteiger partial charge in [-0.1, -0.05) is 11.6 Å². The van der Waals surface area contributed by atoms with Crippen LogP contribution in [0.1, 0.15) is 24.8 Å². The van der Waals surface area contributed by atoms with Crippen molar-refractivity contribution in [3.05, 3.63) is 38.9 Å². The number of carbonyl (C=O) groups excluding carboxylic acids is 1. The van der Waals surface area contributed by atoms with E-state index in [9.17, 15) is 14.9 Å². The molecule has 0 bridgehead atoms. The Morgan fingerprint density at radius 1 is 1.38 bits per heavy atom. The van der Waals surface area contributed by atoms with Crippen LogP contribution in [0.4, 0.5) is 5.69 Å². The zero-order valence-electron chi connectivity index (χ0n) is 11.7. The zero-order chi connectivity index (χ0) is 15.2. The van der Waals surface area contributed by atoms with Gasteiger partial charge in [-0.25, -0.2) is 0 Å². The summed E-state index contributed by atoms with van der Waals surface area (Å²) in [5.41, 5.74) is 0.568. The Hall–Kier alpha value is -1.66. The molecular weight excluding hydrogens is 294 g/mol. The van der Waals surface area contributed by atoms with Crippen LogP contribution in [0.15, 0.2) is 18.2 Å². The van der Waals surface area contributed by atoms with Crippen LogP contribution in [0, 0.1) is 10.1 Å². The highest BCUT2D eigenvalue weighted by Crippen LogP contribution is 2.22. The number of amides is 1. The van der Waals surface area contributed by atoms with Crippen LogP contribution in [0.5, 0.6) is 0 Å². The van der Waals surface area contributed by atoms with E-state index < -0.39 is 4.92 Å². The second kappa shape index (κ2) is 7.38. The van der Waals surface area contributed by atoms with Gasteiger partial charge in [-0.15, -0.1) is 0 Å². The van der Waals surface area contributed by atoms with Crippen molar-refractivity contribution in [1.82, 2.24) is 10.2 Å². The van der Waals surface area contributed by atoms with Crippen LogP contribution in [-0.4, -0.2) is 35.4 Å². The molecule has 0 atom stereocenters. The number of halogens is 1. The number of likely N-dealkylation sites (tertiary alicyclic amines) is 1. The molecule has 0 aromatic heterocycles. The molecule has 1 aromatic carbocycles. The van der Waals surface area contributed by atoms with E-state index in [4.69, 9.17) is 11.6 Å². The fourth-order valence-corrected chi connectivity index (χ4v) is 2.57. The summed E-state index contributed by atoms with van der Waals surface area (Å²) in [4.78, 5) is 24.2. The van der Waals surface area contributed by atoms with Crippen molar-refractivity contribution in [1.29, 1.82) is 0 Å². The van der Waals surface area contributed by atoms with Crippen molar-refractivity contribution in [3.8, 4) is 0 Å². The normalized spacial score (nSPS) is 14.4. The van der Waals surface area contributed by atoms with Gasteiger partial charge in [0.15, 0.2) is 0 Å². The van der Waals surface area contributed by atoms with Crippen LogP contribution in [0.3, 0.4) is 0 Å². The number of hydrogen-bond acceptors (Lipinski definition) is 4. The van der Waals surface area contributed by atoms with Crippen LogP contribution in [0.25, 0.3) is 0 Å². The molecule has 0 saturated carbocycles. The fraction of sp³-hybridized carbons (Fsp3) is 0.500. The van der Waals surface area contributed by atoms with Gasteiger partial charge in [0.1, 0.15) is 0 Å². The van der Waals surface area contributed by atoms with Gasteiger partial charge in [0.25, 0.3) is 5.69 Å². The molecule has 0 radical (unpaired) electrons. The maximum absolute atomic E-state index is 11.8. The molecule has 1 fully saturated rings. The average molecular weight is 312 g/mol. The molecule has 1 aliphatic heterocycles. The molecule has 0 unspecified atom stereocenters. The predicted molar refractivity (Wildman–Crippen MR) is 80.2 cm³/mol. The molecule has 1 amide bonds. The molecule has 2 rings (SSSR count). The molecule has 0 spiro atoms. The molecule has 1 aliphatic rings. The van der Waals surface area contributed by atoms with E-state index in [-0.39, 0.29) is 11.6 Å². The maximum Gasteiger partial charge on any atom is 0.275 e. The van der Waals surface area contributed by atoms with Gasteiger partial charge >= 0.3 is 0 Å². The van der Waals surface area contributed by atoms with Gasteiger partial charge in [0.05, 0.1) is 4.92 Å². The summed E-state index contributed by atoms with van der Waals surface area (Å²) in [5.74, 6) is 0.144. The second-order valence-corrected chi connectivity index (χ2v) is 5.48. The lowest BCUT2D eigenvalue weighted by Crippen LogP contribution is -2.30. The first kappa shape index (κ1) is 15.7. The molecule has 1 heterocycles. The van der Waals surface area contributed by atoms with E-state index >= 15 is 0 Å². The van der Waals surface area contributed by atoms with Crippen molar-refractivity contribution in [2.45, 2.75) is 25.8 Å². The van der Waals surface area contributed by atoms with Crippen LogP contribution in [0.2, 0.25) is 5.02 Å². The predicted octanol–water partition coefficient (Wildman–Crippen LogP) is 2.35. The molecule has 1 saturated heterocycles. The van der Waals surface area contributed by atoms with Crippen LogP contribution in [-0.2, 0) is 11.3 Å². The smallest absolute Gasteiger partial charge is 0.275 e. The molecule has 0 aliphatic carbocycles. The average Bonchev–Trinajstić information content (AvgIpc) is 2.98. The number of nitrogens with one attached hydrogen (secondary N) is 1. The standard InChI is InChI=1S/C14H18ClN3O3/c15-12-4-3-11(13(9-12)18(20)21)10-16-6-5-14(19)17-7-1-2-8-17/h3-4,9,16H,1-2,5-8,10H2. The topological polar surface area (TPSA) is 75.5 Å². The molecule has 1 N–H and O–H groups in total. The number of nitro groups is 1. The largest absolute Gasteiger partial charge is 0.343 e. The van der Waals surface area contributed by atoms with E-state index in [0.29, 0.717) is 30.1 Å². The molecule has 114 valence electrons. The van der Waals surface area contributed by atoms with E-state index in [1.807, 2.05) is 4.90 Å².